The molecule has 1 aliphatic rings. The van der Waals surface area contributed by atoms with Crippen LogP contribution in [0.2, 0.25) is 0 Å². The molecule has 0 bridgehead atoms. The van der Waals surface area contributed by atoms with Crippen LogP contribution >= 0.6 is 0 Å². The molecule has 1 heterocycles. The Balaban J connectivity index is 2.50. The van der Waals surface area contributed by atoms with Crippen LogP contribution in [0.1, 0.15) is 15.9 Å². The standard InChI is InChI=1S/C10H10O4/c1-13-10(12)7-2-3-8-6(9(7)11)4-5-14-8/h2-3,11H,4-5H2,1H3. The highest BCUT2D eigenvalue weighted by molar-refractivity contribution is 5.93. The zero-order valence-electron chi connectivity index (χ0n) is 7.74. The van der Waals surface area contributed by atoms with Gasteiger partial charge < -0.3 is 14.6 Å². The molecule has 74 valence electrons. The van der Waals surface area contributed by atoms with Crippen molar-refractivity contribution in [1.29, 1.82) is 0 Å². The summed E-state index contributed by atoms with van der Waals surface area (Å²) in [7, 11) is 1.28. The fourth-order valence-corrected chi connectivity index (χ4v) is 1.53. The van der Waals surface area contributed by atoms with Crippen LogP contribution in [-0.2, 0) is 11.2 Å². The lowest BCUT2D eigenvalue weighted by Crippen LogP contribution is -2.02. The van der Waals surface area contributed by atoms with Crippen LogP contribution in [0.4, 0.5) is 0 Å². The molecular weight excluding hydrogens is 184 g/mol. The molecule has 0 aromatic heterocycles. The van der Waals surface area contributed by atoms with E-state index >= 15 is 0 Å². The van der Waals surface area contributed by atoms with Gasteiger partial charge in [0.25, 0.3) is 0 Å². The van der Waals surface area contributed by atoms with Crippen LogP contribution in [0.15, 0.2) is 12.1 Å². The number of hydrogen-bond donors (Lipinski definition) is 1. The van der Waals surface area contributed by atoms with Crippen LogP contribution in [0.5, 0.6) is 11.5 Å². The molecule has 0 aliphatic carbocycles. The minimum atomic E-state index is -0.530. The molecule has 1 aliphatic heterocycles. The highest BCUT2D eigenvalue weighted by Gasteiger charge is 2.22. The van der Waals surface area contributed by atoms with Crippen molar-refractivity contribution in [1.82, 2.24) is 0 Å². The number of methoxy groups -OCH3 is 1. The first-order chi connectivity index (χ1) is 6.74. The topological polar surface area (TPSA) is 55.8 Å². The lowest BCUT2D eigenvalue weighted by molar-refractivity contribution is 0.0597. The summed E-state index contributed by atoms with van der Waals surface area (Å²) in [6.45, 7) is 0.549. The van der Waals surface area contributed by atoms with Gasteiger partial charge in [0, 0.05) is 12.0 Å². The Morgan fingerprint density at radius 2 is 2.36 bits per heavy atom. The molecule has 2 rings (SSSR count). The van der Waals surface area contributed by atoms with E-state index in [0.29, 0.717) is 24.3 Å². The van der Waals surface area contributed by atoms with Crippen LogP contribution in [0.25, 0.3) is 0 Å². The number of phenolic OH excluding ortho intramolecular Hbond substituents is 1. The molecule has 0 saturated carbocycles. The number of benzene rings is 1. The summed E-state index contributed by atoms with van der Waals surface area (Å²) in [5.41, 5.74) is 0.879. The van der Waals surface area contributed by atoms with Gasteiger partial charge >= 0.3 is 5.97 Å². The highest BCUT2D eigenvalue weighted by Crippen LogP contribution is 2.35. The van der Waals surface area contributed by atoms with Crippen LogP contribution < -0.4 is 4.74 Å². The second kappa shape index (κ2) is 3.21. The Morgan fingerprint density at radius 3 is 3.07 bits per heavy atom. The predicted molar refractivity (Wildman–Crippen MR) is 48.6 cm³/mol. The molecule has 0 amide bonds. The van der Waals surface area contributed by atoms with Crippen molar-refractivity contribution in [2.45, 2.75) is 6.42 Å². The van der Waals surface area contributed by atoms with Crippen molar-refractivity contribution in [3.8, 4) is 11.5 Å². The van der Waals surface area contributed by atoms with E-state index in [0.717, 1.165) is 0 Å². The Hall–Kier alpha value is -1.71. The van der Waals surface area contributed by atoms with E-state index < -0.39 is 5.97 Å². The van der Waals surface area contributed by atoms with E-state index in [2.05, 4.69) is 4.74 Å². The third-order valence-electron chi connectivity index (χ3n) is 2.25. The maximum absolute atomic E-state index is 11.2. The summed E-state index contributed by atoms with van der Waals surface area (Å²) in [5, 5.41) is 9.73. The molecule has 0 atom stereocenters. The third-order valence-corrected chi connectivity index (χ3v) is 2.25. The number of carbonyl (C=O) groups is 1. The predicted octanol–water partition coefficient (Wildman–Crippen LogP) is 1.11. The lowest BCUT2D eigenvalue weighted by Gasteiger charge is -2.05. The van der Waals surface area contributed by atoms with E-state index in [4.69, 9.17) is 4.74 Å². The molecule has 0 fully saturated rings. The molecule has 0 unspecified atom stereocenters. The minimum absolute atomic E-state index is 0.0214. The fraction of sp³-hybridized carbons (Fsp3) is 0.300. The lowest BCUT2D eigenvalue weighted by atomic mass is 10.1. The van der Waals surface area contributed by atoms with Gasteiger partial charge in [0.2, 0.25) is 0 Å². The van der Waals surface area contributed by atoms with Crippen LogP contribution in [-0.4, -0.2) is 24.8 Å². The zero-order valence-corrected chi connectivity index (χ0v) is 7.74. The molecule has 4 nitrogen and oxygen atoms in total. The monoisotopic (exact) mass is 194 g/mol. The summed E-state index contributed by atoms with van der Waals surface area (Å²) in [6, 6.07) is 3.18. The molecule has 0 radical (unpaired) electrons. The Morgan fingerprint density at radius 1 is 1.57 bits per heavy atom. The van der Waals surface area contributed by atoms with Crippen LogP contribution in [0, 0.1) is 0 Å². The quantitative estimate of drug-likeness (QED) is 0.680. The second-order valence-electron chi connectivity index (χ2n) is 3.03. The van der Waals surface area contributed by atoms with E-state index in [1.165, 1.54) is 13.2 Å². The Labute approximate surface area is 81.1 Å². The van der Waals surface area contributed by atoms with Gasteiger partial charge in [-0.2, -0.15) is 0 Å². The fourth-order valence-electron chi connectivity index (χ4n) is 1.53. The highest BCUT2D eigenvalue weighted by atomic mass is 16.5. The summed E-state index contributed by atoms with van der Waals surface area (Å²) in [5.74, 6) is 0.0965. The maximum Gasteiger partial charge on any atom is 0.341 e. The summed E-state index contributed by atoms with van der Waals surface area (Å²) < 4.78 is 9.77. The molecule has 0 spiro atoms. The zero-order chi connectivity index (χ0) is 10.1. The number of rotatable bonds is 1. The summed E-state index contributed by atoms with van der Waals surface area (Å²) in [4.78, 5) is 11.2. The molecular formula is C10H10O4. The number of carbonyl (C=O) groups excluding carboxylic acids is 1. The number of ether oxygens (including phenoxy) is 2. The van der Waals surface area contributed by atoms with Crippen molar-refractivity contribution in [3.63, 3.8) is 0 Å². The number of phenols is 1. The number of fused-ring (bicyclic) bond motifs is 1. The molecule has 14 heavy (non-hydrogen) atoms. The van der Waals surface area contributed by atoms with Gasteiger partial charge in [-0.05, 0) is 12.1 Å². The van der Waals surface area contributed by atoms with E-state index in [1.807, 2.05) is 0 Å². The average Bonchev–Trinajstić information content (AvgIpc) is 2.66. The van der Waals surface area contributed by atoms with Crippen molar-refractivity contribution in [2.75, 3.05) is 13.7 Å². The number of hydrogen-bond acceptors (Lipinski definition) is 4. The molecule has 1 aromatic carbocycles. The normalized spacial score (nSPS) is 13.2. The second-order valence-corrected chi connectivity index (χ2v) is 3.03. The third kappa shape index (κ3) is 1.19. The van der Waals surface area contributed by atoms with Crippen molar-refractivity contribution in [2.24, 2.45) is 0 Å². The van der Waals surface area contributed by atoms with E-state index in [1.54, 1.807) is 6.07 Å². The van der Waals surface area contributed by atoms with Gasteiger partial charge in [0.15, 0.2) is 0 Å². The smallest absolute Gasteiger partial charge is 0.341 e. The van der Waals surface area contributed by atoms with Gasteiger partial charge in [0.05, 0.1) is 13.7 Å². The Bertz CT molecular complexity index is 384. The maximum atomic E-state index is 11.2. The van der Waals surface area contributed by atoms with Crippen molar-refractivity contribution < 1.29 is 19.4 Å². The van der Waals surface area contributed by atoms with Crippen LogP contribution in [0.3, 0.4) is 0 Å². The van der Waals surface area contributed by atoms with Gasteiger partial charge in [0.1, 0.15) is 17.1 Å². The first kappa shape index (κ1) is 8.87. The van der Waals surface area contributed by atoms with Crippen molar-refractivity contribution >= 4 is 5.97 Å². The van der Waals surface area contributed by atoms with E-state index in [9.17, 15) is 9.90 Å². The molecule has 1 N–H and O–H groups in total. The van der Waals surface area contributed by atoms with Gasteiger partial charge in [-0.15, -0.1) is 0 Å². The average molecular weight is 194 g/mol. The molecule has 1 aromatic rings. The first-order valence-corrected chi connectivity index (χ1v) is 4.30. The first-order valence-electron chi connectivity index (χ1n) is 4.30. The van der Waals surface area contributed by atoms with Gasteiger partial charge in [-0.1, -0.05) is 0 Å². The number of esters is 1. The largest absolute Gasteiger partial charge is 0.507 e. The van der Waals surface area contributed by atoms with Gasteiger partial charge in [-0.25, -0.2) is 4.79 Å². The molecule has 4 heteroatoms. The number of aromatic hydroxyl groups is 1. The minimum Gasteiger partial charge on any atom is -0.507 e. The molecule has 0 saturated heterocycles. The Kier molecular flexibility index (Phi) is 2.04. The summed E-state index contributed by atoms with van der Waals surface area (Å²) in [6.07, 6.45) is 0.631. The van der Waals surface area contributed by atoms with Gasteiger partial charge in [-0.3, -0.25) is 0 Å². The van der Waals surface area contributed by atoms with E-state index in [-0.39, 0.29) is 11.3 Å². The summed E-state index contributed by atoms with van der Waals surface area (Å²) >= 11 is 0. The SMILES string of the molecule is COC(=O)c1ccc2c(c1O)CCO2. The van der Waals surface area contributed by atoms with Crippen molar-refractivity contribution in [3.05, 3.63) is 23.3 Å².